The van der Waals surface area contributed by atoms with Crippen molar-refractivity contribution in [3.8, 4) is 5.75 Å². The lowest BCUT2D eigenvalue weighted by Crippen LogP contribution is -2.21. The minimum absolute atomic E-state index is 0.193. The van der Waals surface area contributed by atoms with Crippen molar-refractivity contribution < 1.29 is 4.74 Å². The molecule has 0 amide bonds. The first kappa shape index (κ1) is 12.7. The zero-order valence-corrected chi connectivity index (χ0v) is 11.5. The maximum Gasteiger partial charge on any atom is 0.132 e. The van der Waals surface area contributed by atoms with E-state index in [2.05, 4.69) is 21.4 Å². The molecule has 104 valence electrons. The van der Waals surface area contributed by atoms with Gasteiger partial charge >= 0.3 is 0 Å². The Kier molecular flexibility index (Phi) is 3.41. The van der Waals surface area contributed by atoms with Crippen LogP contribution in [0, 0.1) is 0 Å². The molecular formula is C15H18N4O. The molecule has 5 nitrogen and oxygen atoms in total. The fraction of sp³-hybridized carbons (Fsp3) is 0.333. The van der Waals surface area contributed by atoms with E-state index in [1.807, 2.05) is 25.1 Å². The van der Waals surface area contributed by atoms with Crippen LogP contribution in [0.2, 0.25) is 0 Å². The number of rotatable bonds is 3. The smallest absolute Gasteiger partial charge is 0.132 e. The summed E-state index contributed by atoms with van der Waals surface area (Å²) in [6, 6.07) is 10.1. The minimum atomic E-state index is 0.193. The van der Waals surface area contributed by atoms with E-state index in [1.54, 1.807) is 6.07 Å². The van der Waals surface area contributed by atoms with Crippen molar-refractivity contribution in [2.24, 2.45) is 0 Å². The standard InChI is InChI=1S/C15H18N4O/c1-2-14-18-13(16)9-15(19-14)17-11-7-8-20-12-6-4-3-5-10(11)12/h3-6,9,11H,2,7-8H2,1H3,(H3,16,17,18,19). The van der Waals surface area contributed by atoms with Crippen molar-refractivity contribution in [1.29, 1.82) is 0 Å². The van der Waals surface area contributed by atoms with Crippen LogP contribution in [0.3, 0.4) is 0 Å². The number of fused-ring (bicyclic) bond motifs is 1. The maximum atomic E-state index is 5.82. The number of aromatic nitrogens is 2. The number of benzene rings is 1. The first-order valence-electron chi connectivity index (χ1n) is 6.88. The molecule has 5 heteroatoms. The van der Waals surface area contributed by atoms with Gasteiger partial charge in [0.15, 0.2) is 0 Å². The summed E-state index contributed by atoms with van der Waals surface area (Å²) >= 11 is 0. The number of nitrogens with one attached hydrogen (secondary N) is 1. The Hall–Kier alpha value is -2.30. The molecule has 0 spiro atoms. The summed E-state index contributed by atoms with van der Waals surface area (Å²) in [5, 5.41) is 3.44. The summed E-state index contributed by atoms with van der Waals surface area (Å²) in [7, 11) is 0. The Morgan fingerprint density at radius 2 is 2.20 bits per heavy atom. The molecule has 0 radical (unpaired) electrons. The molecule has 1 aliphatic rings. The molecule has 1 aromatic carbocycles. The topological polar surface area (TPSA) is 73.1 Å². The SMILES string of the molecule is CCc1nc(N)cc(NC2CCOc3ccccc32)n1. The average molecular weight is 270 g/mol. The lowest BCUT2D eigenvalue weighted by Gasteiger charge is -2.27. The summed E-state index contributed by atoms with van der Waals surface area (Å²) in [5.41, 5.74) is 6.98. The van der Waals surface area contributed by atoms with Crippen molar-refractivity contribution >= 4 is 11.6 Å². The van der Waals surface area contributed by atoms with E-state index < -0.39 is 0 Å². The second kappa shape index (κ2) is 5.36. The second-order valence-electron chi connectivity index (χ2n) is 4.82. The Morgan fingerprint density at radius 1 is 1.35 bits per heavy atom. The van der Waals surface area contributed by atoms with Crippen molar-refractivity contribution in [3.63, 3.8) is 0 Å². The van der Waals surface area contributed by atoms with E-state index in [0.717, 1.165) is 35.8 Å². The van der Waals surface area contributed by atoms with Crippen molar-refractivity contribution in [1.82, 2.24) is 9.97 Å². The van der Waals surface area contributed by atoms with Crippen LogP contribution in [-0.2, 0) is 6.42 Å². The van der Waals surface area contributed by atoms with Crippen molar-refractivity contribution in [2.45, 2.75) is 25.8 Å². The zero-order chi connectivity index (χ0) is 13.9. The summed E-state index contributed by atoms with van der Waals surface area (Å²) < 4.78 is 5.66. The van der Waals surface area contributed by atoms with E-state index in [4.69, 9.17) is 10.5 Å². The van der Waals surface area contributed by atoms with Crippen LogP contribution in [0.15, 0.2) is 30.3 Å². The predicted octanol–water partition coefficient (Wildman–Crippen LogP) is 2.56. The van der Waals surface area contributed by atoms with E-state index in [1.165, 1.54) is 0 Å². The van der Waals surface area contributed by atoms with Crippen LogP contribution in [-0.4, -0.2) is 16.6 Å². The number of hydrogen-bond donors (Lipinski definition) is 2. The summed E-state index contributed by atoms with van der Waals surface area (Å²) in [4.78, 5) is 8.67. The lowest BCUT2D eigenvalue weighted by molar-refractivity contribution is 0.274. The number of aryl methyl sites for hydroxylation is 1. The molecule has 1 atom stereocenters. The second-order valence-corrected chi connectivity index (χ2v) is 4.82. The molecular weight excluding hydrogens is 252 g/mol. The normalized spacial score (nSPS) is 17.1. The summed E-state index contributed by atoms with van der Waals surface area (Å²) in [6.07, 6.45) is 1.67. The van der Waals surface area contributed by atoms with Gasteiger partial charge in [-0.15, -0.1) is 0 Å². The number of nitrogens with zero attached hydrogens (tertiary/aromatic N) is 2. The third kappa shape index (κ3) is 2.52. The van der Waals surface area contributed by atoms with E-state index in [-0.39, 0.29) is 6.04 Å². The first-order chi connectivity index (χ1) is 9.76. The Morgan fingerprint density at radius 3 is 3.05 bits per heavy atom. The van der Waals surface area contributed by atoms with Gasteiger partial charge in [0.2, 0.25) is 0 Å². The maximum absolute atomic E-state index is 5.82. The molecule has 0 saturated heterocycles. The Labute approximate surface area is 118 Å². The highest BCUT2D eigenvalue weighted by atomic mass is 16.5. The molecule has 1 aromatic heterocycles. The van der Waals surface area contributed by atoms with Gasteiger partial charge in [0.05, 0.1) is 12.6 Å². The number of para-hydroxylation sites is 1. The number of anilines is 2. The van der Waals surface area contributed by atoms with Gasteiger partial charge in [-0.3, -0.25) is 0 Å². The molecule has 0 aliphatic carbocycles. The molecule has 0 saturated carbocycles. The average Bonchev–Trinajstić information content (AvgIpc) is 2.47. The summed E-state index contributed by atoms with van der Waals surface area (Å²) in [6.45, 7) is 2.72. The van der Waals surface area contributed by atoms with Gasteiger partial charge in [-0.2, -0.15) is 0 Å². The molecule has 1 aliphatic heterocycles. The summed E-state index contributed by atoms with van der Waals surface area (Å²) in [5.74, 6) is 2.97. The van der Waals surface area contributed by atoms with Crippen molar-refractivity contribution in [3.05, 3.63) is 41.7 Å². The third-order valence-electron chi connectivity index (χ3n) is 3.39. The quantitative estimate of drug-likeness (QED) is 0.896. The van der Waals surface area contributed by atoms with Gasteiger partial charge in [0, 0.05) is 24.5 Å². The fourth-order valence-corrected chi connectivity index (χ4v) is 2.42. The predicted molar refractivity (Wildman–Crippen MR) is 78.7 cm³/mol. The molecule has 1 unspecified atom stereocenters. The number of hydrogen-bond acceptors (Lipinski definition) is 5. The highest BCUT2D eigenvalue weighted by Crippen LogP contribution is 2.33. The van der Waals surface area contributed by atoms with Crippen molar-refractivity contribution in [2.75, 3.05) is 17.7 Å². The van der Waals surface area contributed by atoms with Crippen LogP contribution < -0.4 is 15.8 Å². The van der Waals surface area contributed by atoms with Gasteiger partial charge in [0.1, 0.15) is 23.2 Å². The minimum Gasteiger partial charge on any atom is -0.493 e. The third-order valence-corrected chi connectivity index (χ3v) is 3.39. The molecule has 0 fully saturated rings. The van der Waals surface area contributed by atoms with Gasteiger partial charge in [-0.05, 0) is 6.07 Å². The van der Waals surface area contributed by atoms with Crippen LogP contribution in [0.5, 0.6) is 5.75 Å². The highest BCUT2D eigenvalue weighted by molar-refractivity contribution is 5.48. The van der Waals surface area contributed by atoms with Crippen LogP contribution >= 0.6 is 0 Å². The molecule has 20 heavy (non-hydrogen) atoms. The highest BCUT2D eigenvalue weighted by Gasteiger charge is 2.21. The first-order valence-corrected chi connectivity index (χ1v) is 6.88. The monoisotopic (exact) mass is 270 g/mol. The van der Waals surface area contributed by atoms with Gasteiger partial charge in [0.25, 0.3) is 0 Å². The Balaban J connectivity index is 1.87. The number of nitrogens with two attached hydrogens (primary N) is 1. The number of nitrogen functional groups attached to an aromatic ring is 1. The molecule has 3 rings (SSSR count). The van der Waals surface area contributed by atoms with Gasteiger partial charge in [-0.1, -0.05) is 25.1 Å². The Bertz CT molecular complexity index is 615. The van der Waals surface area contributed by atoms with E-state index in [0.29, 0.717) is 12.4 Å². The van der Waals surface area contributed by atoms with Gasteiger partial charge < -0.3 is 15.8 Å². The zero-order valence-electron chi connectivity index (χ0n) is 11.5. The molecule has 2 aromatic rings. The van der Waals surface area contributed by atoms with Gasteiger partial charge in [-0.25, -0.2) is 9.97 Å². The largest absolute Gasteiger partial charge is 0.493 e. The number of ether oxygens (including phenoxy) is 1. The molecule has 2 heterocycles. The fourth-order valence-electron chi connectivity index (χ4n) is 2.42. The molecule has 0 bridgehead atoms. The van der Waals surface area contributed by atoms with Crippen LogP contribution in [0.4, 0.5) is 11.6 Å². The van der Waals surface area contributed by atoms with Crippen LogP contribution in [0.25, 0.3) is 0 Å². The van der Waals surface area contributed by atoms with Crippen LogP contribution in [0.1, 0.15) is 30.8 Å². The van der Waals surface area contributed by atoms with E-state index in [9.17, 15) is 0 Å². The molecule has 3 N–H and O–H groups in total. The lowest BCUT2D eigenvalue weighted by atomic mass is 10.0. The van der Waals surface area contributed by atoms with E-state index >= 15 is 0 Å².